The van der Waals surface area contributed by atoms with Gasteiger partial charge in [0.2, 0.25) is 0 Å². The molecule has 0 spiro atoms. The molecule has 1 aliphatic heterocycles. The molecule has 0 aromatic carbocycles. The fraction of sp³-hybridized carbons (Fsp3) is 0.824. The standard InChI is InChI=1S/C17H29N3S/c1-3-10-18-12-16-14(4-2)19-17(21-16)20-11-6-8-13-7-5-9-15(13)20/h13,15,18H,3-12H2,1-2H3. The van der Waals surface area contributed by atoms with E-state index in [0.717, 1.165) is 31.5 Å². The van der Waals surface area contributed by atoms with Crippen LogP contribution in [0, 0.1) is 5.92 Å². The minimum atomic E-state index is 0.783. The van der Waals surface area contributed by atoms with E-state index in [2.05, 4.69) is 24.1 Å². The SMILES string of the molecule is CCCNCc1sc(N2CCCC3CCCC32)nc1CC. The van der Waals surface area contributed by atoms with E-state index >= 15 is 0 Å². The maximum Gasteiger partial charge on any atom is 0.186 e. The lowest BCUT2D eigenvalue weighted by molar-refractivity contribution is 0.362. The number of hydrogen-bond donors (Lipinski definition) is 1. The third-order valence-corrected chi connectivity index (χ3v) is 6.19. The molecule has 4 heteroatoms. The Morgan fingerprint density at radius 3 is 2.90 bits per heavy atom. The van der Waals surface area contributed by atoms with E-state index in [0.29, 0.717) is 0 Å². The van der Waals surface area contributed by atoms with Crippen molar-refractivity contribution in [3.8, 4) is 0 Å². The Kier molecular flexibility index (Phi) is 5.17. The minimum Gasteiger partial charge on any atom is -0.345 e. The predicted molar refractivity (Wildman–Crippen MR) is 91.2 cm³/mol. The third kappa shape index (κ3) is 3.26. The van der Waals surface area contributed by atoms with E-state index in [-0.39, 0.29) is 0 Å². The van der Waals surface area contributed by atoms with E-state index in [1.807, 2.05) is 11.3 Å². The summed E-state index contributed by atoms with van der Waals surface area (Å²) in [7, 11) is 0. The van der Waals surface area contributed by atoms with E-state index < -0.39 is 0 Å². The lowest BCUT2D eigenvalue weighted by Crippen LogP contribution is -2.42. The molecular formula is C17H29N3S. The van der Waals surface area contributed by atoms with E-state index in [4.69, 9.17) is 4.98 Å². The highest BCUT2D eigenvalue weighted by Gasteiger charge is 2.36. The number of piperidine rings is 1. The Labute approximate surface area is 133 Å². The van der Waals surface area contributed by atoms with Crippen molar-refractivity contribution < 1.29 is 0 Å². The molecule has 1 aromatic rings. The number of nitrogens with zero attached hydrogens (tertiary/aromatic N) is 2. The van der Waals surface area contributed by atoms with Crippen LogP contribution in [0.5, 0.6) is 0 Å². The Morgan fingerprint density at radius 2 is 2.10 bits per heavy atom. The molecule has 0 bridgehead atoms. The summed E-state index contributed by atoms with van der Waals surface area (Å²) in [6.45, 7) is 7.78. The highest BCUT2D eigenvalue weighted by Crippen LogP contribution is 2.40. The van der Waals surface area contributed by atoms with E-state index in [1.54, 1.807) is 0 Å². The monoisotopic (exact) mass is 307 g/mol. The Balaban J connectivity index is 1.75. The first-order chi connectivity index (χ1) is 10.3. The van der Waals surface area contributed by atoms with Crippen LogP contribution in [0.25, 0.3) is 0 Å². The van der Waals surface area contributed by atoms with Crippen LogP contribution in [0.4, 0.5) is 5.13 Å². The summed E-state index contributed by atoms with van der Waals surface area (Å²) in [6.07, 6.45) is 9.30. The smallest absolute Gasteiger partial charge is 0.186 e. The average Bonchev–Trinajstić information content (AvgIpc) is 3.13. The Hall–Kier alpha value is -0.610. The van der Waals surface area contributed by atoms with Crippen molar-refractivity contribution in [1.29, 1.82) is 0 Å². The predicted octanol–water partition coefficient (Wildman–Crippen LogP) is 3.97. The third-order valence-electron chi connectivity index (χ3n) is 5.05. The molecule has 21 heavy (non-hydrogen) atoms. The molecule has 3 nitrogen and oxygen atoms in total. The van der Waals surface area contributed by atoms with Crippen LogP contribution in [0.1, 0.15) is 62.9 Å². The van der Waals surface area contributed by atoms with Gasteiger partial charge >= 0.3 is 0 Å². The second-order valence-corrected chi connectivity index (χ2v) is 7.55. The molecular weight excluding hydrogens is 278 g/mol. The molecule has 2 fully saturated rings. The van der Waals surface area contributed by atoms with Gasteiger partial charge in [0.1, 0.15) is 0 Å². The van der Waals surface area contributed by atoms with Crippen LogP contribution in [0.15, 0.2) is 0 Å². The summed E-state index contributed by atoms with van der Waals surface area (Å²) in [4.78, 5) is 9.10. The average molecular weight is 308 g/mol. The van der Waals surface area contributed by atoms with Crippen LogP contribution in [-0.4, -0.2) is 24.1 Å². The number of hydrogen-bond acceptors (Lipinski definition) is 4. The van der Waals surface area contributed by atoms with Crippen LogP contribution >= 0.6 is 11.3 Å². The fourth-order valence-corrected chi connectivity index (χ4v) is 5.18. The van der Waals surface area contributed by atoms with Gasteiger partial charge < -0.3 is 10.2 Å². The van der Waals surface area contributed by atoms with Gasteiger partial charge in [-0.3, -0.25) is 0 Å². The van der Waals surface area contributed by atoms with Crippen molar-refractivity contribution in [2.45, 2.75) is 71.4 Å². The molecule has 2 heterocycles. The summed E-state index contributed by atoms with van der Waals surface area (Å²) < 4.78 is 0. The zero-order valence-electron chi connectivity index (χ0n) is 13.5. The van der Waals surface area contributed by atoms with Crippen molar-refractivity contribution in [2.75, 3.05) is 18.0 Å². The summed E-state index contributed by atoms with van der Waals surface area (Å²) in [5.41, 5.74) is 1.32. The molecule has 1 N–H and O–H groups in total. The summed E-state index contributed by atoms with van der Waals surface area (Å²) >= 11 is 1.94. The summed E-state index contributed by atoms with van der Waals surface area (Å²) in [5, 5.41) is 4.84. The molecule has 118 valence electrons. The van der Waals surface area contributed by atoms with E-state index in [1.165, 1.54) is 60.8 Å². The highest BCUT2D eigenvalue weighted by atomic mass is 32.1. The van der Waals surface area contributed by atoms with Gasteiger partial charge in [-0.05, 0) is 51.0 Å². The zero-order valence-corrected chi connectivity index (χ0v) is 14.3. The van der Waals surface area contributed by atoms with Gasteiger partial charge in [-0.15, -0.1) is 11.3 Å². The molecule has 0 radical (unpaired) electrons. The number of nitrogens with one attached hydrogen (secondary N) is 1. The van der Waals surface area contributed by atoms with Crippen LogP contribution in [-0.2, 0) is 13.0 Å². The second kappa shape index (κ2) is 7.10. The van der Waals surface area contributed by atoms with Crippen LogP contribution in [0.2, 0.25) is 0 Å². The van der Waals surface area contributed by atoms with Gasteiger partial charge in [0.15, 0.2) is 5.13 Å². The normalized spacial score (nSPS) is 25.3. The number of anilines is 1. The van der Waals surface area contributed by atoms with Crippen molar-refractivity contribution in [3.63, 3.8) is 0 Å². The quantitative estimate of drug-likeness (QED) is 0.806. The number of thiazole rings is 1. The number of rotatable bonds is 6. The van der Waals surface area contributed by atoms with Gasteiger partial charge in [0, 0.05) is 24.0 Å². The van der Waals surface area contributed by atoms with Crippen molar-refractivity contribution in [2.24, 2.45) is 5.92 Å². The summed E-state index contributed by atoms with van der Waals surface area (Å²) in [5.74, 6) is 0.939. The van der Waals surface area contributed by atoms with Gasteiger partial charge in [0.25, 0.3) is 0 Å². The molecule has 3 rings (SSSR count). The van der Waals surface area contributed by atoms with Gasteiger partial charge in [-0.25, -0.2) is 4.98 Å². The molecule has 1 saturated carbocycles. The lowest BCUT2D eigenvalue weighted by atomic mass is 9.92. The van der Waals surface area contributed by atoms with Crippen LogP contribution in [0.3, 0.4) is 0 Å². The largest absolute Gasteiger partial charge is 0.345 e. The number of aryl methyl sites for hydroxylation is 1. The zero-order chi connectivity index (χ0) is 14.7. The summed E-state index contributed by atoms with van der Waals surface area (Å²) in [6, 6.07) is 0.783. The molecule has 1 saturated heterocycles. The topological polar surface area (TPSA) is 28.2 Å². The molecule has 2 aliphatic rings. The first-order valence-corrected chi connectivity index (χ1v) is 9.61. The first kappa shape index (κ1) is 15.3. The van der Waals surface area contributed by atoms with Crippen molar-refractivity contribution in [3.05, 3.63) is 10.6 Å². The minimum absolute atomic E-state index is 0.783. The maximum absolute atomic E-state index is 5.00. The Morgan fingerprint density at radius 1 is 1.24 bits per heavy atom. The molecule has 1 aliphatic carbocycles. The number of fused-ring (bicyclic) bond motifs is 1. The lowest BCUT2D eigenvalue weighted by Gasteiger charge is -2.37. The number of aromatic nitrogens is 1. The molecule has 2 unspecified atom stereocenters. The highest BCUT2D eigenvalue weighted by molar-refractivity contribution is 7.15. The Bertz CT molecular complexity index is 457. The van der Waals surface area contributed by atoms with E-state index in [9.17, 15) is 0 Å². The van der Waals surface area contributed by atoms with Gasteiger partial charge in [-0.1, -0.05) is 20.3 Å². The van der Waals surface area contributed by atoms with Crippen molar-refractivity contribution in [1.82, 2.24) is 10.3 Å². The van der Waals surface area contributed by atoms with Crippen molar-refractivity contribution >= 4 is 16.5 Å². The van der Waals surface area contributed by atoms with Crippen LogP contribution < -0.4 is 10.2 Å². The van der Waals surface area contributed by atoms with Gasteiger partial charge in [0.05, 0.1) is 5.69 Å². The second-order valence-electron chi connectivity index (χ2n) is 6.49. The molecule has 1 aromatic heterocycles. The van der Waals surface area contributed by atoms with Gasteiger partial charge in [-0.2, -0.15) is 0 Å². The molecule has 0 amide bonds. The first-order valence-electron chi connectivity index (χ1n) is 8.79. The molecule has 2 atom stereocenters. The maximum atomic E-state index is 5.00. The fourth-order valence-electron chi connectivity index (χ4n) is 3.98.